The predicted octanol–water partition coefficient (Wildman–Crippen LogP) is 1.70. The van der Waals surface area contributed by atoms with Crippen LogP contribution in [0.2, 0.25) is 0 Å². The predicted molar refractivity (Wildman–Crippen MR) is 54.7 cm³/mol. The lowest BCUT2D eigenvalue weighted by atomic mass is 9.92. The van der Waals surface area contributed by atoms with Crippen LogP contribution < -0.4 is 5.73 Å². The van der Waals surface area contributed by atoms with Crippen molar-refractivity contribution in [3.63, 3.8) is 0 Å². The molecule has 3 nitrogen and oxygen atoms in total. The summed E-state index contributed by atoms with van der Waals surface area (Å²) in [6.45, 7) is 9.27. The molecule has 1 aromatic rings. The SMILES string of the molecule is CC(CN)n1nccc1C(C)(C)C. The second-order valence-corrected chi connectivity index (χ2v) is 4.50. The summed E-state index contributed by atoms with van der Waals surface area (Å²) in [4.78, 5) is 0. The quantitative estimate of drug-likeness (QED) is 0.754. The van der Waals surface area contributed by atoms with Crippen LogP contribution in [0.4, 0.5) is 0 Å². The zero-order valence-electron chi connectivity index (χ0n) is 8.91. The minimum atomic E-state index is 0.139. The molecule has 1 unspecified atom stereocenters. The molecule has 13 heavy (non-hydrogen) atoms. The minimum absolute atomic E-state index is 0.139. The molecule has 1 rings (SSSR count). The fourth-order valence-electron chi connectivity index (χ4n) is 1.36. The molecule has 1 aromatic heterocycles. The Hall–Kier alpha value is -0.830. The van der Waals surface area contributed by atoms with Crippen LogP contribution in [0.5, 0.6) is 0 Å². The van der Waals surface area contributed by atoms with Crippen molar-refractivity contribution < 1.29 is 0 Å². The Bertz CT molecular complexity index is 270. The van der Waals surface area contributed by atoms with Gasteiger partial charge in [0.2, 0.25) is 0 Å². The monoisotopic (exact) mass is 181 g/mol. The van der Waals surface area contributed by atoms with Gasteiger partial charge in [0.25, 0.3) is 0 Å². The van der Waals surface area contributed by atoms with Crippen molar-refractivity contribution in [1.82, 2.24) is 9.78 Å². The van der Waals surface area contributed by atoms with Crippen LogP contribution in [0.25, 0.3) is 0 Å². The number of nitrogens with two attached hydrogens (primary N) is 1. The minimum Gasteiger partial charge on any atom is -0.328 e. The van der Waals surface area contributed by atoms with E-state index in [4.69, 9.17) is 5.73 Å². The summed E-state index contributed by atoms with van der Waals surface area (Å²) in [5, 5.41) is 4.29. The zero-order valence-corrected chi connectivity index (χ0v) is 8.91. The van der Waals surface area contributed by atoms with E-state index >= 15 is 0 Å². The lowest BCUT2D eigenvalue weighted by Gasteiger charge is -2.23. The van der Waals surface area contributed by atoms with E-state index in [1.165, 1.54) is 5.69 Å². The molecule has 0 saturated carbocycles. The zero-order chi connectivity index (χ0) is 10.1. The third-order valence-corrected chi connectivity index (χ3v) is 2.20. The average molecular weight is 181 g/mol. The Kier molecular flexibility index (Phi) is 2.76. The summed E-state index contributed by atoms with van der Waals surface area (Å²) in [6.07, 6.45) is 1.84. The molecule has 1 heterocycles. The van der Waals surface area contributed by atoms with Crippen molar-refractivity contribution in [2.45, 2.75) is 39.2 Å². The molecule has 0 aromatic carbocycles. The maximum atomic E-state index is 5.61. The van der Waals surface area contributed by atoms with E-state index in [0.29, 0.717) is 6.54 Å². The van der Waals surface area contributed by atoms with Gasteiger partial charge in [-0.1, -0.05) is 20.8 Å². The largest absolute Gasteiger partial charge is 0.328 e. The van der Waals surface area contributed by atoms with Gasteiger partial charge in [-0.2, -0.15) is 5.10 Å². The van der Waals surface area contributed by atoms with Gasteiger partial charge in [0.1, 0.15) is 0 Å². The van der Waals surface area contributed by atoms with Gasteiger partial charge in [-0.05, 0) is 13.0 Å². The third kappa shape index (κ3) is 2.10. The van der Waals surface area contributed by atoms with E-state index in [1.807, 2.05) is 10.9 Å². The second kappa shape index (κ2) is 3.50. The number of aromatic nitrogens is 2. The van der Waals surface area contributed by atoms with Gasteiger partial charge in [-0.25, -0.2) is 0 Å². The van der Waals surface area contributed by atoms with E-state index in [0.717, 1.165) is 0 Å². The highest BCUT2D eigenvalue weighted by atomic mass is 15.3. The molecule has 0 bridgehead atoms. The van der Waals surface area contributed by atoms with Gasteiger partial charge in [0.05, 0.1) is 6.04 Å². The summed E-state index contributed by atoms with van der Waals surface area (Å²) in [6, 6.07) is 2.34. The molecule has 0 aliphatic carbocycles. The molecule has 0 fully saturated rings. The van der Waals surface area contributed by atoms with E-state index in [-0.39, 0.29) is 11.5 Å². The van der Waals surface area contributed by atoms with Gasteiger partial charge >= 0.3 is 0 Å². The van der Waals surface area contributed by atoms with Crippen LogP contribution >= 0.6 is 0 Å². The molecule has 0 aliphatic heterocycles. The molecule has 74 valence electrons. The Morgan fingerprint density at radius 1 is 1.54 bits per heavy atom. The van der Waals surface area contributed by atoms with E-state index in [9.17, 15) is 0 Å². The molecule has 0 radical (unpaired) electrons. The highest BCUT2D eigenvalue weighted by molar-refractivity contribution is 5.12. The molecular formula is C10H19N3. The van der Waals surface area contributed by atoms with Crippen molar-refractivity contribution in [3.8, 4) is 0 Å². The van der Waals surface area contributed by atoms with Crippen molar-refractivity contribution in [1.29, 1.82) is 0 Å². The standard InChI is InChI=1S/C10H19N3/c1-8(7-11)13-9(5-6-12-13)10(2,3)4/h5-6,8H,7,11H2,1-4H3. The first-order valence-corrected chi connectivity index (χ1v) is 4.71. The fourth-order valence-corrected chi connectivity index (χ4v) is 1.36. The maximum Gasteiger partial charge on any atom is 0.0616 e. The number of hydrogen-bond donors (Lipinski definition) is 1. The van der Waals surface area contributed by atoms with E-state index < -0.39 is 0 Å². The molecular weight excluding hydrogens is 162 g/mol. The van der Waals surface area contributed by atoms with Crippen LogP contribution in [-0.4, -0.2) is 16.3 Å². The first-order valence-electron chi connectivity index (χ1n) is 4.71. The summed E-state index contributed by atoms with van der Waals surface area (Å²) < 4.78 is 2.01. The number of hydrogen-bond acceptors (Lipinski definition) is 2. The second-order valence-electron chi connectivity index (χ2n) is 4.50. The van der Waals surface area contributed by atoms with Crippen molar-refractivity contribution >= 4 is 0 Å². The topological polar surface area (TPSA) is 43.8 Å². The average Bonchev–Trinajstić information content (AvgIpc) is 2.49. The highest BCUT2D eigenvalue weighted by Gasteiger charge is 2.20. The van der Waals surface area contributed by atoms with Crippen molar-refractivity contribution in [2.24, 2.45) is 5.73 Å². The Balaban J connectivity index is 3.03. The highest BCUT2D eigenvalue weighted by Crippen LogP contribution is 2.23. The van der Waals surface area contributed by atoms with E-state index in [1.54, 1.807) is 0 Å². The number of nitrogens with zero attached hydrogens (tertiary/aromatic N) is 2. The first-order chi connectivity index (χ1) is 5.96. The molecule has 0 spiro atoms. The molecule has 0 amide bonds. The summed E-state index contributed by atoms with van der Waals surface area (Å²) in [5.74, 6) is 0. The van der Waals surface area contributed by atoms with Crippen molar-refractivity contribution in [3.05, 3.63) is 18.0 Å². The maximum absolute atomic E-state index is 5.61. The van der Waals surface area contributed by atoms with Crippen LogP contribution in [0, 0.1) is 0 Å². The molecule has 3 heteroatoms. The smallest absolute Gasteiger partial charge is 0.0616 e. The van der Waals surface area contributed by atoms with Gasteiger partial charge in [-0.15, -0.1) is 0 Å². The van der Waals surface area contributed by atoms with Gasteiger partial charge in [0, 0.05) is 23.9 Å². The van der Waals surface area contributed by atoms with Crippen LogP contribution in [-0.2, 0) is 5.41 Å². The summed E-state index contributed by atoms with van der Waals surface area (Å²) >= 11 is 0. The van der Waals surface area contributed by atoms with Crippen LogP contribution in [0.15, 0.2) is 12.3 Å². The molecule has 2 N–H and O–H groups in total. The van der Waals surface area contributed by atoms with Crippen molar-refractivity contribution in [2.75, 3.05) is 6.54 Å². The van der Waals surface area contributed by atoms with Gasteiger partial charge in [-0.3, -0.25) is 4.68 Å². The van der Waals surface area contributed by atoms with E-state index in [2.05, 4.69) is 38.9 Å². The lowest BCUT2D eigenvalue weighted by molar-refractivity contribution is 0.430. The Morgan fingerprint density at radius 2 is 2.15 bits per heavy atom. The molecule has 1 atom stereocenters. The number of rotatable bonds is 2. The van der Waals surface area contributed by atoms with Gasteiger partial charge in [0.15, 0.2) is 0 Å². The molecule has 0 saturated heterocycles. The first kappa shape index (κ1) is 10.3. The van der Waals surface area contributed by atoms with Crippen LogP contribution in [0.1, 0.15) is 39.4 Å². The fraction of sp³-hybridized carbons (Fsp3) is 0.700. The third-order valence-electron chi connectivity index (χ3n) is 2.20. The normalized spacial score (nSPS) is 14.5. The Morgan fingerprint density at radius 3 is 2.62 bits per heavy atom. The summed E-state index contributed by atoms with van der Waals surface area (Å²) in [5.41, 5.74) is 6.99. The molecule has 0 aliphatic rings. The lowest BCUT2D eigenvalue weighted by Crippen LogP contribution is -2.24. The van der Waals surface area contributed by atoms with Crippen LogP contribution in [0.3, 0.4) is 0 Å². The van der Waals surface area contributed by atoms with Gasteiger partial charge < -0.3 is 5.73 Å². The summed E-state index contributed by atoms with van der Waals surface area (Å²) in [7, 11) is 0. The Labute approximate surface area is 79.9 Å².